The number of hydrogen-bond acceptors (Lipinski definition) is 4. The zero-order chi connectivity index (χ0) is 13.0. The molecule has 1 N–H and O–H groups in total. The highest BCUT2D eigenvalue weighted by molar-refractivity contribution is 7.17. The van der Waals surface area contributed by atoms with Crippen molar-refractivity contribution in [1.82, 2.24) is 5.32 Å². The van der Waals surface area contributed by atoms with Crippen molar-refractivity contribution < 1.29 is 14.3 Å². The molecule has 0 saturated carbocycles. The van der Waals surface area contributed by atoms with E-state index < -0.39 is 11.9 Å². The molecule has 94 valence electrons. The number of ether oxygens (including phenoxy) is 1. The van der Waals surface area contributed by atoms with E-state index in [1.807, 2.05) is 12.1 Å². The summed E-state index contributed by atoms with van der Waals surface area (Å²) in [5.41, 5.74) is 1.18. The van der Waals surface area contributed by atoms with Crippen molar-refractivity contribution in [2.45, 2.75) is 6.42 Å². The predicted molar refractivity (Wildman–Crippen MR) is 70.6 cm³/mol. The fourth-order valence-corrected chi connectivity index (χ4v) is 2.70. The number of amides is 1. The minimum Gasteiger partial charge on any atom is -0.462 e. The van der Waals surface area contributed by atoms with Gasteiger partial charge in [0.1, 0.15) is 0 Å². The Bertz CT molecular complexity index is 576. The molecular formula is C13H13NO3S. The summed E-state index contributed by atoms with van der Waals surface area (Å²) >= 11 is 1.68. The number of esters is 1. The van der Waals surface area contributed by atoms with Crippen LogP contribution in [0.1, 0.15) is 5.56 Å². The van der Waals surface area contributed by atoms with E-state index in [0.29, 0.717) is 13.0 Å². The Morgan fingerprint density at radius 3 is 2.89 bits per heavy atom. The van der Waals surface area contributed by atoms with E-state index in [4.69, 9.17) is 0 Å². The van der Waals surface area contributed by atoms with E-state index >= 15 is 0 Å². The van der Waals surface area contributed by atoms with Crippen LogP contribution in [0.5, 0.6) is 0 Å². The van der Waals surface area contributed by atoms with E-state index in [-0.39, 0.29) is 0 Å². The molecule has 0 aliphatic heterocycles. The molecule has 5 heteroatoms. The summed E-state index contributed by atoms with van der Waals surface area (Å²) in [4.78, 5) is 22.1. The van der Waals surface area contributed by atoms with Crippen molar-refractivity contribution in [3.05, 3.63) is 35.2 Å². The van der Waals surface area contributed by atoms with Gasteiger partial charge in [-0.3, -0.25) is 4.79 Å². The van der Waals surface area contributed by atoms with Crippen molar-refractivity contribution in [3.8, 4) is 0 Å². The molecule has 0 saturated heterocycles. The van der Waals surface area contributed by atoms with Crippen LogP contribution in [-0.2, 0) is 20.7 Å². The van der Waals surface area contributed by atoms with Gasteiger partial charge in [0.05, 0.1) is 7.11 Å². The van der Waals surface area contributed by atoms with Crippen LogP contribution in [0.25, 0.3) is 10.1 Å². The SMILES string of the molecule is COC(=O)C(=O)NCCc1csc2ccccc12. The van der Waals surface area contributed by atoms with Crippen LogP contribution >= 0.6 is 11.3 Å². The molecule has 0 atom stereocenters. The Morgan fingerprint density at radius 2 is 2.11 bits per heavy atom. The molecule has 0 radical (unpaired) electrons. The third-order valence-electron chi connectivity index (χ3n) is 2.61. The van der Waals surface area contributed by atoms with Crippen molar-refractivity contribution in [1.29, 1.82) is 0 Å². The molecule has 1 aromatic carbocycles. The number of rotatable bonds is 3. The molecule has 2 rings (SSSR count). The quantitative estimate of drug-likeness (QED) is 0.678. The lowest BCUT2D eigenvalue weighted by molar-refractivity contribution is -0.152. The summed E-state index contributed by atoms with van der Waals surface area (Å²) in [6.45, 7) is 0.425. The van der Waals surface area contributed by atoms with Gasteiger partial charge < -0.3 is 10.1 Å². The number of methoxy groups -OCH3 is 1. The number of nitrogens with one attached hydrogen (secondary N) is 1. The van der Waals surface area contributed by atoms with E-state index in [1.54, 1.807) is 11.3 Å². The minimum atomic E-state index is -0.856. The molecule has 2 aromatic rings. The fourth-order valence-electron chi connectivity index (χ4n) is 1.70. The van der Waals surface area contributed by atoms with Gasteiger partial charge in [-0.2, -0.15) is 0 Å². The van der Waals surface area contributed by atoms with Gasteiger partial charge in [0.15, 0.2) is 0 Å². The Balaban J connectivity index is 1.95. The first-order valence-corrected chi connectivity index (χ1v) is 6.41. The third-order valence-corrected chi connectivity index (χ3v) is 3.62. The molecule has 0 unspecified atom stereocenters. The summed E-state index contributed by atoms with van der Waals surface area (Å²) in [6.07, 6.45) is 0.701. The first-order valence-electron chi connectivity index (χ1n) is 5.53. The minimum absolute atomic E-state index is 0.425. The van der Waals surface area contributed by atoms with Crippen LogP contribution in [0.15, 0.2) is 29.6 Å². The Kier molecular flexibility index (Phi) is 3.94. The topological polar surface area (TPSA) is 55.4 Å². The third kappa shape index (κ3) is 2.68. The zero-order valence-corrected chi connectivity index (χ0v) is 10.8. The van der Waals surface area contributed by atoms with Crippen LogP contribution < -0.4 is 5.32 Å². The van der Waals surface area contributed by atoms with Gasteiger partial charge >= 0.3 is 11.9 Å². The monoisotopic (exact) mass is 263 g/mol. The van der Waals surface area contributed by atoms with Crippen LogP contribution in [0.4, 0.5) is 0 Å². The summed E-state index contributed by atoms with van der Waals surface area (Å²) in [5.74, 6) is -1.55. The second-order valence-electron chi connectivity index (χ2n) is 3.75. The molecule has 0 aliphatic rings. The van der Waals surface area contributed by atoms with E-state index in [9.17, 15) is 9.59 Å². The maximum atomic E-state index is 11.2. The van der Waals surface area contributed by atoms with E-state index in [1.165, 1.54) is 22.8 Å². The normalized spacial score (nSPS) is 10.3. The van der Waals surface area contributed by atoms with Crippen LogP contribution in [0.2, 0.25) is 0 Å². The number of carbonyl (C=O) groups is 2. The lowest BCUT2D eigenvalue weighted by Gasteiger charge is -2.02. The molecule has 1 heterocycles. The smallest absolute Gasteiger partial charge is 0.396 e. The number of benzene rings is 1. The fraction of sp³-hybridized carbons (Fsp3) is 0.231. The highest BCUT2D eigenvalue weighted by Crippen LogP contribution is 2.25. The van der Waals surface area contributed by atoms with Crippen molar-refractivity contribution in [3.63, 3.8) is 0 Å². The molecule has 1 amide bonds. The van der Waals surface area contributed by atoms with Crippen molar-refractivity contribution >= 4 is 33.3 Å². The van der Waals surface area contributed by atoms with Crippen molar-refractivity contribution in [2.75, 3.05) is 13.7 Å². The summed E-state index contributed by atoms with van der Waals surface area (Å²) < 4.78 is 5.55. The largest absolute Gasteiger partial charge is 0.462 e. The van der Waals surface area contributed by atoms with Gasteiger partial charge in [0.2, 0.25) is 0 Å². The maximum Gasteiger partial charge on any atom is 0.396 e. The molecular weight excluding hydrogens is 250 g/mol. The summed E-state index contributed by atoms with van der Waals surface area (Å²) in [7, 11) is 1.19. The molecule has 0 spiro atoms. The second-order valence-corrected chi connectivity index (χ2v) is 4.67. The van der Waals surface area contributed by atoms with Gasteiger partial charge in [-0.1, -0.05) is 18.2 Å². The van der Waals surface area contributed by atoms with Crippen LogP contribution in [0.3, 0.4) is 0 Å². The van der Waals surface area contributed by atoms with E-state index in [2.05, 4.69) is 27.6 Å². The van der Waals surface area contributed by atoms with Crippen LogP contribution in [0, 0.1) is 0 Å². The molecule has 0 fully saturated rings. The molecule has 4 nitrogen and oxygen atoms in total. The van der Waals surface area contributed by atoms with Gasteiger partial charge in [0, 0.05) is 11.2 Å². The van der Waals surface area contributed by atoms with Gasteiger partial charge in [-0.15, -0.1) is 11.3 Å². The molecule has 1 aromatic heterocycles. The van der Waals surface area contributed by atoms with Gasteiger partial charge in [0.25, 0.3) is 0 Å². The first-order chi connectivity index (χ1) is 8.72. The van der Waals surface area contributed by atoms with Gasteiger partial charge in [-0.25, -0.2) is 4.79 Å². The molecule has 0 aliphatic carbocycles. The average molecular weight is 263 g/mol. The first kappa shape index (κ1) is 12.6. The number of thiophene rings is 1. The Labute approximate surface area is 109 Å². The average Bonchev–Trinajstić information content (AvgIpc) is 2.81. The zero-order valence-electron chi connectivity index (χ0n) is 9.93. The second kappa shape index (κ2) is 5.64. The molecule has 0 bridgehead atoms. The predicted octanol–water partition coefficient (Wildman–Crippen LogP) is 1.73. The standard InChI is InChI=1S/C13H13NO3S/c1-17-13(16)12(15)14-7-6-9-8-18-11-5-3-2-4-10(9)11/h2-5,8H,6-7H2,1H3,(H,14,15). The highest BCUT2D eigenvalue weighted by Gasteiger charge is 2.12. The van der Waals surface area contributed by atoms with Gasteiger partial charge in [-0.05, 0) is 28.8 Å². The Morgan fingerprint density at radius 1 is 1.33 bits per heavy atom. The number of hydrogen-bond donors (Lipinski definition) is 1. The lowest BCUT2D eigenvalue weighted by Crippen LogP contribution is -2.33. The lowest BCUT2D eigenvalue weighted by atomic mass is 10.1. The number of fused-ring (bicyclic) bond motifs is 1. The van der Waals surface area contributed by atoms with Crippen molar-refractivity contribution in [2.24, 2.45) is 0 Å². The Hall–Kier alpha value is -1.88. The summed E-state index contributed by atoms with van der Waals surface area (Å²) in [5, 5.41) is 5.81. The molecule has 18 heavy (non-hydrogen) atoms. The highest BCUT2D eigenvalue weighted by atomic mass is 32.1. The van der Waals surface area contributed by atoms with E-state index in [0.717, 1.165) is 0 Å². The van der Waals surface area contributed by atoms with Crippen LogP contribution in [-0.4, -0.2) is 25.5 Å². The number of carbonyl (C=O) groups excluding carboxylic acids is 2. The summed E-state index contributed by atoms with van der Waals surface area (Å²) in [6, 6.07) is 8.12. The maximum absolute atomic E-state index is 11.2.